The number of amides is 2. The summed E-state index contributed by atoms with van der Waals surface area (Å²) in [7, 11) is 1.72. The lowest BCUT2D eigenvalue weighted by atomic mass is 10.2. The molecule has 0 saturated carbocycles. The number of aromatic amines is 1. The molecule has 3 rings (SSSR count). The Labute approximate surface area is 156 Å². The van der Waals surface area contributed by atoms with Gasteiger partial charge in [0.05, 0.1) is 10.9 Å². The molecule has 7 nitrogen and oxygen atoms in total. The molecule has 1 heterocycles. The van der Waals surface area contributed by atoms with E-state index in [9.17, 15) is 14.4 Å². The number of rotatable bonds is 6. The Morgan fingerprint density at radius 1 is 1.07 bits per heavy atom. The molecule has 2 N–H and O–H groups in total. The van der Waals surface area contributed by atoms with Gasteiger partial charge >= 0.3 is 0 Å². The first-order chi connectivity index (χ1) is 13.1. The van der Waals surface area contributed by atoms with Crippen LogP contribution in [0.15, 0.2) is 59.4 Å². The van der Waals surface area contributed by atoms with Gasteiger partial charge in [-0.15, -0.1) is 0 Å². The Hall–Kier alpha value is -3.48. The topological polar surface area (TPSA) is 95.2 Å². The van der Waals surface area contributed by atoms with Crippen LogP contribution in [0.3, 0.4) is 0 Å². The summed E-state index contributed by atoms with van der Waals surface area (Å²) in [6.45, 7) is 0.859. The van der Waals surface area contributed by atoms with E-state index in [4.69, 9.17) is 0 Å². The van der Waals surface area contributed by atoms with Crippen molar-refractivity contribution in [2.24, 2.45) is 0 Å². The van der Waals surface area contributed by atoms with Gasteiger partial charge in [-0.05, 0) is 30.7 Å². The van der Waals surface area contributed by atoms with Crippen molar-refractivity contribution in [1.29, 1.82) is 0 Å². The summed E-state index contributed by atoms with van der Waals surface area (Å²) >= 11 is 0. The Kier molecular flexibility index (Phi) is 5.61. The lowest BCUT2D eigenvalue weighted by molar-refractivity contribution is 0.0793. The maximum atomic E-state index is 12.2. The third kappa shape index (κ3) is 4.38. The summed E-state index contributed by atoms with van der Waals surface area (Å²) in [5.41, 5.74) is 0.750. The number of nitrogens with zero attached hydrogens (tertiary/aromatic N) is 2. The molecule has 0 aliphatic carbocycles. The monoisotopic (exact) mass is 364 g/mol. The number of hydrogen-bond donors (Lipinski definition) is 2. The lowest BCUT2D eigenvalue weighted by Gasteiger charge is -2.17. The van der Waals surface area contributed by atoms with Gasteiger partial charge in [-0.3, -0.25) is 14.4 Å². The summed E-state index contributed by atoms with van der Waals surface area (Å²) in [5.74, 6) is -0.537. The van der Waals surface area contributed by atoms with Crippen LogP contribution < -0.4 is 10.9 Å². The van der Waals surface area contributed by atoms with Crippen LogP contribution in [0, 0.1) is 0 Å². The fourth-order valence-electron chi connectivity index (χ4n) is 2.70. The summed E-state index contributed by atoms with van der Waals surface area (Å²) in [6, 6.07) is 15.9. The fourth-order valence-corrected chi connectivity index (χ4v) is 2.70. The Balaban J connectivity index is 1.53. The molecule has 2 amide bonds. The summed E-state index contributed by atoms with van der Waals surface area (Å²) in [5, 5.41) is 3.16. The predicted molar refractivity (Wildman–Crippen MR) is 103 cm³/mol. The van der Waals surface area contributed by atoms with E-state index in [1.54, 1.807) is 48.3 Å². The van der Waals surface area contributed by atoms with Gasteiger partial charge in [-0.1, -0.05) is 30.3 Å². The molecule has 0 fully saturated rings. The molecule has 27 heavy (non-hydrogen) atoms. The minimum absolute atomic E-state index is 0.0209. The molecule has 1 aromatic heterocycles. The van der Waals surface area contributed by atoms with Crippen molar-refractivity contribution in [2.75, 3.05) is 20.1 Å². The smallest absolute Gasteiger partial charge is 0.287 e. The number of carbonyl (C=O) groups excluding carboxylic acids is 2. The highest BCUT2D eigenvalue weighted by Crippen LogP contribution is 2.06. The highest BCUT2D eigenvalue weighted by molar-refractivity contribution is 5.94. The maximum absolute atomic E-state index is 12.2. The average molecular weight is 364 g/mol. The van der Waals surface area contributed by atoms with Crippen LogP contribution in [-0.2, 0) is 0 Å². The predicted octanol–water partition coefficient (Wildman–Crippen LogP) is 1.82. The van der Waals surface area contributed by atoms with Crippen molar-refractivity contribution in [2.45, 2.75) is 6.42 Å². The van der Waals surface area contributed by atoms with E-state index in [0.29, 0.717) is 36.0 Å². The zero-order chi connectivity index (χ0) is 19.2. The Bertz CT molecular complexity index is 1010. The first-order valence-corrected chi connectivity index (χ1v) is 8.64. The van der Waals surface area contributed by atoms with Gasteiger partial charge in [0.15, 0.2) is 5.82 Å². The van der Waals surface area contributed by atoms with Crippen molar-refractivity contribution < 1.29 is 9.59 Å². The third-order valence-corrected chi connectivity index (χ3v) is 4.15. The van der Waals surface area contributed by atoms with Crippen LogP contribution in [0.1, 0.15) is 27.4 Å². The fraction of sp³-hybridized carbons (Fsp3) is 0.200. The first kappa shape index (κ1) is 18.3. The van der Waals surface area contributed by atoms with Crippen molar-refractivity contribution in [3.8, 4) is 0 Å². The van der Waals surface area contributed by atoms with Crippen LogP contribution in [0.25, 0.3) is 10.9 Å². The number of carbonyl (C=O) groups is 2. The van der Waals surface area contributed by atoms with E-state index in [-0.39, 0.29) is 17.3 Å². The largest absolute Gasteiger partial charge is 0.349 e. The van der Waals surface area contributed by atoms with E-state index in [2.05, 4.69) is 15.3 Å². The molecule has 138 valence electrons. The number of fused-ring (bicyclic) bond motifs is 1. The highest BCUT2D eigenvalue weighted by Gasteiger charge is 2.12. The van der Waals surface area contributed by atoms with E-state index in [1.807, 2.05) is 18.2 Å². The zero-order valence-electron chi connectivity index (χ0n) is 14.9. The normalized spacial score (nSPS) is 10.6. The van der Waals surface area contributed by atoms with Crippen LogP contribution in [0.2, 0.25) is 0 Å². The average Bonchev–Trinajstić information content (AvgIpc) is 2.71. The molecule has 0 saturated heterocycles. The van der Waals surface area contributed by atoms with Crippen molar-refractivity contribution in [3.05, 3.63) is 76.3 Å². The number of nitrogens with one attached hydrogen (secondary N) is 2. The second-order valence-corrected chi connectivity index (χ2v) is 6.13. The van der Waals surface area contributed by atoms with E-state index < -0.39 is 5.91 Å². The van der Waals surface area contributed by atoms with Crippen LogP contribution in [-0.4, -0.2) is 46.8 Å². The number of aromatic nitrogens is 2. The van der Waals surface area contributed by atoms with E-state index >= 15 is 0 Å². The third-order valence-electron chi connectivity index (χ3n) is 4.15. The van der Waals surface area contributed by atoms with Gasteiger partial charge < -0.3 is 15.2 Å². The van der Waals surface area contributed by atoms with Gasteiger partial charge in [0.1, 0.15) is 0 Å². The molecule has 0 atom stereocenters. The van der Waals surface area contributed by atoms with E-state index in [1.165, 1.54) is 0 Å². The quantitative estimate of drug-likeness (QED) is 0.652. The van der Waals surface area contributed by atoms with Crippen molar-refractivity contribution >= 4 is 22.7 Å². The van der Waals surface area contributed by atoms with Crippen molar-refractivity contribution in [1.82, 2.24) is 20.2 Å². The molecule has 0 aliphatic heterocycles. The van der Waals surface area contributed by atoms with Crippen LogP contribution in [0.5, 0.6) is 0 Å². The Morgan fingerprint density at radius 3 is 2.56 bits per heavy atom. The second kappa shape index (κ2) is 8.27. The molecule has 7 heteroatoms. The molecule has 0 unspecified atom stereocenters. The minimum atomic E-state index is -0.449. The first-order valence-electron chi connectivity index (χ1n) is 8.64. The van der Waals surface area contributed by atoms with E-state index in [0.717, 1.165) is 0 Å². The lowest BCUT2D eigenvalue weighted by Crippen LogP contribution is -2.32. The Morgan fingerprint density at radius 2 is 1.78 bits per heavy atom. The number of H-pyrrole nitrogens is 1. The maximum Gasteiger partial charge on any atom is 0.287 e. The van der Waals surface area contributed by atoms with Gasteiger partial charge in [-0.2, -0.15) is 0 Å². The number of benzene rings is 2. The van der Waals surface area contributed by atoms with Gasteiger partial charge in [0, 0.05) is 25.7 Å². The number of hydrogen-bond acceptors (Lipinski definition) is 4. The highest BCUT2D eigenvalue weighted by atomic mass is 16.2. The molecular formula is C20H20N4O3. The molecule has 3 aromatic rings. The molecule has 2 aromatic carbocycles. The molecular weight excluding hydrogens is 344 g/mol. The van der Waals surface area contributed by atoms with Gasteiger partial charge in [-0.25, -0.2) is 4.98 Å². The summed E-state index contributed by atoms with van der Waals surface area (Å²) < 4.78 is 0. The van der Waals surface area contributed by atoms with Crippen molar-refractivity contribution in [3.63, 3.8) is 0 Å². The molecule has 0 aliphatic rings. The van der Waals surface area contributed by atoms with Crippen LogP contribution in [0.4, 0.5) is 0 Å². The van der Waals surface area contributed by atoms with Gasteiger partial charge in [0.2, 0.25) is 0 Å². The SMILES string of the molecule is CN(CCCNC(=O)c1nc2ccccc2c(=O)[nH]1)C(=O)c1ccccc1. The second-order valence-electron chi connectivity index (χ2n) is 6.13. The molecule has 0 spiro atoms. The van der Waals surface area contributed by atoms with Crippen LogP contribution >= 0.6 is 0 Å². The summed E-state index contributed by atoms with van der Waals surface area (Å²) in [4.78, 5) is 44.8. The molecule has 0 radical (unpaired) electrons. The summed E-state index contributed by atoms with van der Waals surface area (Å²) in [6.07, 6.45) is 0.582. The molecule has 0 bridgehead atoms. The zero-order valence-corrected chi connectivity index (χ0v) is 14.9. The van der Waals surface area contributed by atoms with Gasteiger partial charge in [0.25, 0.3) is 17.4 Å². The minimum Gasteiger partial charge on any atom is -0.349 e. The standard InChI is InChI=1S/C20H20N4O3/c1-24(20(27)14-8-3-2-4-9-14)13-7-12-21-19(26)17-22-16-11-6-5-10-15(16)18(25)23-17/h2-6,8-11H,7,12-13H2,1H3,(H,21,26)(H,22,23,25). The number of para-hydroxylation sites is 1.